The summed E-state index contributed by atoms with van der Waals surface area (Å²) in [5.74, 6) is -0.0537. The number of nitro groups is 1. The van der Waals surface area contributed by atoms with Crippen LogP contribution in [0, 0.1) is 10.1 Å². The largest absolute Gasteiger partial charge is 0.383 e. The molecule has 128 valence electrons. The van der Waals surface area contributed by atoms with Crippen LogP contribution >= 0.6 is 0 Å². The van der Waals surface area contributed by atoms with Gasteiger partial charge in [-0.15, -0.1) is 0 Å². The van der Waals surface area contributed by atoms with Crippen LogP contribution in [0.1, 0.15) is 24.2 Å². The van der Waals surface area contributed by atoms with E-state index in [0.29, 0.717) is 29.0 Å². The van der Waals surface area contributed by atoms with Gasteiger partial charge >= 0.3 is 5.69 Å². The average Bonchev–Trinajstić information content (AvgIpc) is 3.04. The van der Waals surface area contributed by atoms with E-state index in [9.17, 15) is 14.9 Å². The highest BCUT2D eigenvalue weighted by molar-refractivity contribution is 6.00. The Bertz CT molecular complexity index is 949. The van der Waals surface area contributed by atoms with Crippen LogP contribution in [0.15, 0.2) is 35.0 Å². The number of ketones is 1. The molecule has 0 unspecified atom stereocenters. The van der Waals surface area contributed by atoms with Gasteiger partial charge in [-0.05, 0) is 54.5 Å². The SMILES string of the molecule is CCNc1cc(Nc2ccc(C(C)=O)cc2)c([N+](=O)[O-])c2nonc12. The van der Waals surface area contributed by atoms with Crippen LogP contribution in [-0.2, 0) is 0 Å². The van der Waals surface area contributed by atoms with Gasteiger partial charge in [0.1, 0.15) is 5.69 Å². The number of Topliss-reactive ketones (excluding diaryl/α,β-unsaturated/α-hetero) is 1. The van der Waals surface area contributed by atoms with E-state index in [2.05, 4.69) is 25.6 Å². The van der Waals surface area contributed by atoms with Crippen LogP contribution in [0.25, 0.3) is 11.0 Å². The van der Waals surface area contributed by atoms with E-state index in [1.807, 2.05) is 6.92 Å². The predicted molar refractivity (Wildman–Crippen MR) is 92.4 cm³/mol. The number of fused-ring (bicyclic) bond motifs is 1. The summed E-state index contributed by atoms with van der Waals surface area (Å²) >= 11 is 0. The fourth-order valence-corrected chi connectivity index (χ4v) is 2.48. The van der Waals surface area contributed by atoms with Crippen LogP contribution in [0.4, 0.5) is 22.7 Å². The first-order valence-corrected chi connectivity index (χ1v) is 7.56. The lowest BCUT2D eigenvalue weighted by atomic mass is 10.1. The second-order valence-electron chi connectivity index (χ2n) is 5.33. The lowest BCUT2D eigenvalue weighted by Gasteiger charge is -2.10. The molecule has 3 aromatic rings. The molecule has 2 aromatic carbocycles. The van der Waals surface area contributed by atoms with E-state index in [1.165, 1.54) is 6.92 Å². The summed E-state index contributed by atoms with van der Waals surface area (Å²) in [5, 5.41) is 25.0. The van der Waals surface area contributed by atoms with Gasteiger partial charge in [-0.2, -0.15) is 0 Å². The van der Waals surface area contributed by atoms with Crippen LogP contribution < -0.4 is 10.6 Å². The third kappa shape index (κ3) is 3.11. The summed E-state index contributed by atoms with van der Waals surface area (Å²) < 4.78 is 4.68. The normalized spacial score (nSPS) is 10.6. The molecule has 0 saturated heterocycles. The standard InChI is InChI=1S/C16H15N5O4/c1-3-17-12-8-13(16(21(23)24)15-14(12)19-25-20-15)18-11-6-4-10(5-7-11)9(2)22/h4-8,17-18H,3H2,1-2H3. The first kappa shape index (κ1) is 16.4. The highest BCUT2D eigenvalue weighted by Gasteiger charge is 2.25. The van der Waals surface area contributed by atoms with Crippen molar-refractivity contribution >= 4 is 39.6 Å². The maximum absolute atomic E-state index is 11.5. The summed E-state index contributed by atoms with van der Waals surface area (Å²) in [6.45, 7) is 3.97. The number of hydrogen-bond donors (Lipinski definition) is 2. The molecule has 1 heterocycles. The fourth-order valence-electron chi connectivity index (χ4n) is 2.48. The van der Waals surface area contributed by atoms with Crippen LogP contribution in [0.3, 0.4) is 0 Å². The first-order chi connectivity index (χ1) is 12.0. The summed E-state index contributed by atoms with van der Waals surface area (Å²) in [6.07, 6.45) is 0. The zero-order chi connectivity index (χ0) is 18.0. The van der Waals surface area contributed by atoms with Crippen molar-refractivity contribution in [1.82, 2.24) is 10.3 Å². The predicted octanol–water partition coefficient (Wildman–Crippen LogP) is 3.51. The molecule has 0 aliphatic heterocycles. The zero-order valence-corrected chi connectivity index (χ0v) is 13.6. The molecule has 0 aliphatic carbocycles. The van der Waals surface area contributed by atoms with Crippen molar-refractivity contribution < 1.29 is 14.3 Å². The molecule has 0 bridgehead atoms. The van der Waals surface area contributed by atoms with E-state index in [0.717, 1.165) is 0 Å². The van der Waals surface area contributed by atoms with Gasteiger partial charge in [0.05, 0.1) is 10.6 Å². The average molecular weight is 341 g/mol. The molecule has 0 aliphatic rings. The molecular formula is C16H15N5O4. The van der Waals surface area contributed by atoms with E-state index in [-0.39, 0.29) is 22.7 Å². The van der Waals surface area contributed by atoms with Crippen LogP contribution in [0.2, 0.25) is 0 Å². The molecule has 9 nitrogen and oxygen atoms in total. The molecule has 0 amide bonds. The summed E-state index contributed by atoms with van der Waals surface area (Å²) in [6, 6.07) is 8.25. The number of nitrogens with one attached hydrogen (secondary N) is 2. The number of nitro benzene ring substituents is 1. The number of anilines is 3. The highest BCUT2D eigenvalue weighted by atomic mass is 16.6. The Hall–Kier alpha value is -3.49. The van der Waals surface area contributed by atoms with Crippen molar-refractivity contribution in [1.29, 1.82) is 0 Å². The van der Waals surface area contributed by atoms with Gasteiger partial charge in [0.15, 0.2) is 11.3 Å². The van der Waals surface area contributed by atoms with Crippen molar-refractivity contribution in [3.05, 3.63) is 46.0 Å². The van der Waals surface area contributed by atoms with Gasteiger partial charge in [-0.25, -0.2) is 4.63 Å². The Morgan fingerprint density at radius 2 is 1.88 bits per heavy atom. The quantitative estimate of drug-likeness (QED) is 0.396. The van der Waals surface area contributed by atoms with Gasteiger partial charge in [-0.3, -0.25) is 14.9 Å². The van der Waals surface area contributed by atoms with E-state index in [1.54, 1.807) is 30.3 Å². The Balaban J connectivity index is 2.08. The molecule has 0 atom stereocenters. The number of carbonyl (C=O) groups is 1. The fraction of sp³-hybridized carbons (Fsp3) is 0.188. The number of benzene rings is 2. The number of aromatic nitrogens is 2. The summed E-state index contributed by atoms with van der Waals surface area (Å²) in [5.41, 5.74) is 2.12. The number of hydrogen-bond acceptors (Lipinski definition) is 8. The smallest absolute Gasteiger partial charge is 0.324 e. The van der Waals surface area contributed by atoms with Crippen molar-refractivity contribution in [2.45, 2.75) is 13.8 Å². The minimum absolute atomic E-state index is 0.0537. The Labute approximate surface area is 142 Å². The molecule has 0 saturated carbocycles. The summed E-state index contributed by atoms with van der Waals surface area (Å²) in [7, 11) is 0. The van der Waals surface area contributed by atoms with Gasteiger partial charge in [-0.1, -0.05) is 0 Å². The van der Waals surface area contributed by atoms with Gasteiger partial charge < -0.3 is 10.6 Å². The molecule has 25 heavy (non-hydrogen) atoms. The molecule has 0 fully saturated rings. The Morgan fingerprint density at radius 3 is 2.48 bits per heavy atom. The third-order valence-electron chi connectivity index (χ3n) is 3.63. The molecular weight excluding hydrogens is 326 g/mol. The molecule has 3 rings (SSSR count). The van der Waals surface area contributed by atoms with Gasteiger partial charge in [0.2, 0.25) is 5.52 Å². The molecule has 2 N–H and O–H groups in total. The summed E-state index contributed by atoms with van der Waals surface area (Å²) in [4.78, 5) is 22.3. The van der Waals surface area contributed by atoms with Crippen LogP contribution in [0.5, 0.6) is 0 Å². The number of carbonyl (C=O) groups excluding carboxylic acids is 1. The maximum Gasteiger partial charge on any atom is 0.324 e. The highest BCUT2D eigenvalue weighted by Crippen LogP contribution is 2.38. The van der Waals surface area contributed by atoms with Gasteiger partial charge in [0, 0.05) is 17.8 Å². The van der Waals surface area contributed by atoms with Crippen molar-refractivity contribution in [2.24, 2.45) is 0 Å². The number of nitrogens with zero attached hydrogens (tertiary/aromatic N) is 3. The topological polar surface area (TPSA) is 123 Å². The third-order valence-corrected chi connectivity index (χ3v) is 3.63. The van der Waals surface area contributed by atoms with E-state index < -0.39 is 4.92 Å². The minimum atomic E-state index is -0.533. The van der Waals surface area contributed by atoms with Crippen molar-refractivity contribution in [3.8, 4) is 0 Å². The Kier molecular flexibility index (Phi) is 4.29. The number of rotatable bonds is 6. The van der Waals surface area contributed by atoms with E-state index in [4.69, 9.17) is 0 Å². The minimum Gasteiger partial charge on any atom is -0.383 e. The van der Waals surface area contributed by atoms with Gasteiger partial charge in [0.25, 0.3) is 0 Å². The lowest BCUT2D eigenvalue weighted by molar-refractivity contribution is -0.382. The van der Waals surface area contributed by atoms with Crippen LogP contribution in [-0.4, -0.2) is 27.6 Å². The first-order valence-electron chi connectivity index (χ1n) is 7.56. The second kappa shape index (κ2) is 6.56. The van der Waals surface area contributed by atoms with Crippen molar-refractivity contribution in [2.75, 3.05) is 17.2 Å². The Morgan fingerprint density at radius 1 is 1.20 bits per heavy atom. The van der Waals surface area contributed by atoms with Crippen molar-refractivity contribution in [3.63, 3.8) is 0 Å². The molecule has 0 spiro atoms. The lowest BCUT2D eigenvalue weighted by Crippen LogP contribution is -2.03. The zero-order valence-electron chi connectivity index (χ0n) is 13.6. The molecule has 0 radical (unpaired) electrons. The maximum atomic E-state index is 11.5. The molecule has 1 aromatic heterocycles. The second-order valence-corrected chi connectivity index (χ2v) is 5.33. The van der Waals surface area contributed by atoms with E-state index >= 15 is 0 Å². The monoisotopic (exact) mass is 341 g/mol. The molecule has 9 heteroatoms.